The number of phenolic OH excluding ortho intramolecular Hbond substituents is 1. The fraction of sp³-hybridized carbons (Fsp3) is 0.118. The minimum atomic E-state index is -0.557. The number of hydrogen-bond acceptors (Lipinski definition) is 4. The predicted molar refractivity (Wildman–Crippen MR) is 94.0 cm³/mol. The Bertz CT molecular complexity index is 975. The molecule has 0 aliphatic rings. The first-order chi connectivity index (χ1) is 11.4. The van der Waals surface area contributed by atoms with E-state index in [1.165, 1.54) is 24.3 Å². The van der Waals surface area contributed by atoms with Crippen LogP contribution < -0.4 is 0 Å². The Morgan fingerprint density at radius 3 is 2.50 bits per heavy atom. The summed E-state index contributed by atoms with van der Waals surface area (Å²) in [7, 11) is 1.72. The molecule has 3 rings (SSSR count). The standard InChI is InChI=1S/C17H14BrN3O3/c1-9-7-11(18)8-13-14(17(24)21(2)15(9)13)19-20-16(23)10-3-5-12(22)6-4-10/h3-8,22,24H,1-2H3. The first kappa shape index (κ1) is 16.2. The van der Waals surface area contributed by atoms with Gasteiger partial charge >= 0.3 is 0 Å². The number of carbonyl (C=O) groups is 1. The van der Waals surface area contributed by atoms with E-state index in [1.807, 2.05) is 19.1 Å². The molecule has 24 heavy (non-hydrogen) atoms. The number of aryl methyl sites for hydroxylation is 2. The molecule has 0 saturated carbocycles. The van der Waals surface area contributed by atoms with Crippen LogP contribution in [-0.2, 0) is 7.05 Å². The molecule has 0 radical (unpaired) electrons. The Morgan fingerprint density at radius 1 is 1.17 bits per heavy atom. The minimum absolute atomic E-state index is 0.0616. The van der Waals surface area contributed by atoms with Crippen molar-refractivity contribution in [2.24, 2.45) is 17.3 Å². The number of fused-ring (bicyclic) bond motifs is 1. The van der Waals surface area contributed by atoms with E-state index in [4.69, 9.17) is 0 Å². The lowest BCUT2D eigenvalue weighted by Gasteiger charge is -2.01. The third-order valence-corrected chi connectivity index (χ3v) is 4.20. The number of aromatic nitrogens is 1. The maximum Gasteiger partial charge on any atom is 0.295 e. The van der Waals surface area contributed by atoms with Gasteiger partial charge in [0.1, 0.15) is 5.75 Å². The number of aromatic hydroxyl groups is 2. The highest BCUT2D eigenvalue weighted by molar-refractivity contribution is 9.10. The summed E-state index contributed by atoms with van der Waals surface area (Å²) >= 11 is 3.42. The second-order valence-corrected chi connectivity index (χ2v) is 6.32. The van der Waals surface area contributed by atoms with E-state index in [2.05, 4.69) is 26.2 Å². The van der Waals surface area contributed by atoms with Crippen molar-refractivity contribution in [2.45, 2.75) is 6.92 Å². The molecule has 0 saturated heterocycles. The minimum Gasteiger partial charge on any atom is -0.508 e. The van der Waals surface area contributed by atoms with Crippen molar-refractivity contribution in [3.63, 3.8) is 0 Å². The zero-order valence-corrected chi connectivity index (χ0v) is 14.6. The van der Waals surface area contributed by atoms with Gasteiger partial charge in [-0.1, -0.05) is 15.9 Å². The normalized spacial score (nSPS) is 11.5. The highest BCUT2D eigenvalue weighted by Gasteiger charge is 2.17. The molecule has 1 amide bonds. The molecule has 7 heteroatoms. The first-order valence-electron chi connectivity index (χ1n) is 7.11. The van der Waals surface area contributed by atoms with E-state index >= 15 is 0 Å². The van der Waals surface area contributed by atoms with Gasteiger partial charge in [-0.05, 0) is 48.9 Å². The van der Waals surface area contributed by atoms with Gasteiger partial charge in [-0.25, -0.2) is 0 Å². The van der Waals surface area contributed by atoms with Gasteiger partial charge in [-0.3, -0.25) is 4.79 Å². The summed E-state index contributed by atoms with van der Waals surface area (Å²) in [5.74, 6) is -0.554. The second-order valence-electron chi connectivity index (χ2n) is 5.40. The molecule has 122 valence electrons. The Hall–Kier alpha value is -2.67. The van der Waals surface area contributed by atoms with E-state index in [0.29, 0.717) is 10.9 Å². The molecule has 2 aromatic carbocycles. The molecule has 6 nitrogen and oxygen atoms in total. The fourth-order valence-electron chi connectivity index (χ4n) is 2.60. The number of carbonyl (C=O) groups excluding carboxylic acids is 1. The predicted octanol–water partition coefficient (Wildman–Crippen LogP) is 4.58. The number of benzene rings is 2. The molecule has 2 N–H and O–H groups in total. The lowest BCUT2D eigenvalue weighted by atomic mass is 10.1. The van der Waals surface area contributed by atoms with Crippen LogP contribution in [-0.4, -0.2) is 20.7 Å². The van der Waals surface area contributed by atoms with Gasteiger partial charge in [0.2, 0.25) is 5.88 Å². The molecule has 0 aliphatic carbocycles. The summed E-state index contributed by atoms with van der Waals surface area (Å²) < 4.78 is 2.45. The highest BCUT2D eigenvalue weighted by atomic mass is 79.9. The maximum atomic E-state index is 12.1. The van der Waals surface area contributed by atoms with Crippen LogP contribution in [0.25, 0.3) is 10.9 Å². The fourth-order valence-corrected chi connectivity index (χ4v) is 3.17. The SMILES string of the molecule is Cc1cc(Br)cc2c(N=NC(=O)c3ccc(O)cc3)c(O)n(C)c12. The van der Waals surface area contributed by atoms with E-state index in [9.17, 15) is 15.0 Å². The average Bonchev–Trinajstić information content (AvgIpc) is 2.77. The van der Waals surface area contributed by atoms with Crippen molar-refractivity contribution >= 4 is 38.4 Å². The molecular formula is C17H14BrN3O3. The molecule has 0 fully saturated rings. The smallest absolute Gasteiger partial charge is 0.295 e. The van der Waals surface area contributed by atoms with Gasteiger partial charge < -0.3 is 14.8 Å². The van der Waals surface area contributed by atoms with Crippen LogP contribution in [0.5, 0.6) is 11.6 Å². The Kier molecular flexibility index (Phi) is 4.11. The molecule has 0 bridgehead atoms. The Morgan fingerprint density at radius 2 is 1.83 bits per heavy atom. The molecule has 0 aliphatic heterocycles. The van der Waals surface area contributed by atoms with Crippen LogP contribution >= 0.6 is 15.9 Å². The van der Waals surface area contributed by atoms with Crippen LogP contribution in [0, 0.1) is 6.92 Å². The summed E-state index contributed by atoms with van der Waals surface area (Å²) in [6, 6.07) is 9.48. The zero-order valence-electron chi connectivity index (χ0n) is 13.0. The summed E-state index contributed by atoms with van der Waals surface area (Å²) in [5, 5.41) is 27.9. The van der Waals surface area contributed by atoms with E-state index in [-0.39, 0.29) is 17.3 Å². The van der Waals surface area contributed by atoms with Gasteiger partial charge in [0.05, 0.1) is 5.52 Å². The van der Waals surface area contributed by atoms with E-state index < -0.39 is 5.91 Å². The van der Waals surface area contributed by atoms with Crippen LogP contribution in [0.4, 0.5) is 5.69 Å². The molecule has 3 aromatic rings. The third-order valence-electron chi connectivity index (χ3n) is 3.74. The third kappa shape index (κ3) is 2.78. The zero-order chi connectivity index (χ0) is 17.4. The van der Waals surface area contributed by atoms with Gasteiger partial charge in [0, 0.05) is 22.5 Å². The van der Waals surface area contributed by atoms with E-state index in [0.717, 1.165) is 15.6 Å². The number of azo groups is 1. The average molecular weight is 388 g/mol. The first-order valence-corrected chi connectivity index (χ1v) is 7.90. The molecule has 0 spiro atoms. The number of amides is 1. The van der Waals surface area contributed by atoms with Crippen molar-refractivity contribution in [2.75, 3.05) is 0 Å². The summed E-state index contributed by atoms with van der Waals surface area (Å²) in [5.41, 5.74) is 2.32. The van der Waals surface area contributed by atoms with Gasteiger partial charge in [-0.2, -0.15) is 0 Å². The monoisotopic (exact) mass is 387 g/mol. The van der Waals surface area contributed by atoms with Crippen LogP contribution in [0.1, 0.15) is 15.9 Å². The summed E-state index contributed by atoms with van der Waals surface area (Å²) in [6.45, 7) is 1.93. The molecule has 0 unspecified atom stereocenters. The van der Waals surface area contributed by atoms with Crippen LogP contribution in [0.2, 0.25) is 0 Å². The largest absolute Gasteiger partial charge is 0.508 e. The maximum absolute atomic E-state index is 12.1. The van der Waals surface area contributed by atoms with Gasteiger partial charge in [0.25, 0.3) is 5.91 Å². The van der Waals surface area contributed by atoms with Crippen molar-refractivity contribution < 1.29 is 15.0 Å². The Labute approximate surface area is 146 Å². The van der Waals surface area contributed by atoms with Crippen LogP contribution in [0.3, 0.4) is 0 Å². The Balaban J connectivity index is 2.05. The van der Waals surface area contributed by atoms with Crippen molar-refractivity contribution in [1.29, 1.82) is 0 Å². The molecule has 0 atom stereocenters. The van der Waals surface area contributed by atoms with Crippen LogP contribution in [0.15, 0.2) is 51.1 Å². The lowest BCUT2D eigenvalue weighted by molar-refractivity contribution is 0.0995. The summed E-state index contributed by atoms with van der Waals surface area (Å²) in [6.07, 6.45) is 0. The highest BCUT2D eigenvalue weighted by Crippen LogP contribution is 2.40. The molecular weight excluding hydrogens is 374 g/mol. The van der Waals surface area contributed by atoms with E-state index in [1.54, 1.807) is 11.6 Å². The summed E-state index contributed by atoms with van der Waals surface area (Å²) in [4.78, 5) is 12.1. The molecule has 1 heterocycles. The van der Waals surface area contributed by atoms with Crippen molar-refractivity contribution in [3.8, 4) is 11.6 Å². The van der Waals surface area contributed by atoms with Crippen molar-refractivity contribution in [1.82, 2.24) is 4.57 Å². The van der Waals surface area contributed by atoms with Gasteiger partial charge in [-0.15, -0.1) is 10.2 Å². The number of phenols is 1. The second kappa shape index (κ2) is 6.09. The molecule has 1 aromatic heterocycles. The number of hydrogen-bond donors (Lipinski definition) is 2. The number of halogens is 1. The van der Waals surface area contributed by atoms with Crippen molar-refractivity contribution in [3.05, 3.63) is 52.0 Å². The topological polar surface area (TPSA) is 87.2 Å². The lowest BCUT2D eigenvalue weighted by Crippen LogP contribution is -1.92. The number of rotatable bonds is 2. The van der Waals surface area contributed by atoms with Gasteiger partial charge in [0.15, 0.2) is 5.69 Å². The number of nitrogens with zero attached hydrogens (tertiary/aromatic N) is 3. The quantitative estimate of drug-likeness (QED) is 0.630.